The number of fused-ring (bicyclic) bond motifs is 3. The smallest absolute Gasteiger partial charge is 0.407 e. The summed E-state index contributed by atoms with van der Waals surface area (Å²) in [5.41, 5.74) is 3.96. The van der Waals surface area contributed by atoms with Gasteiger partial charge in [-0.3, -0.25) is 9.59 Å². The van der Waals surface area contributed by atoms with Crippen LogP contribution in [0.1, 0.15) is 44.2 Å². The van der Waals surface area contributed by atoms with E-state index in [1.165, 1.54) is 0 Å². The van der Waals surface area contributed by atoms with Gasteiger partial charge in [-0.1, -0.05) is 69.3 Å². The van der Waals surface area contributed by atoms with Crippen molar-refractivity contribution < 1.29 is 29.0 Å². The largest absolute Gasteiger partial charge is 0.481 e. The number of carbonyl (C=O) groups excluding carboxylic acids is 2. The number of rotatable bonds is 10. The Hall–Kier alpha value is -3.39. The van der Waals surface area contributed by atoms with Gasteiger partial charge in [-0.05, 0) is 27.7 Å². The van der Waals surface area contributed by atoms with Crippen LogP contribution in [0.3, 0.4) is 0 Å². The van der Waals surface area contributed by atoms with E-state index in [9.17, 15) is 14.4 Å². The molecule has 8 nitrogen and oxygen atoms in total. The number of amides is 2. The maximum absolute atomic E-state index is 12.7. The van der Waals surface area contributed by atoms with Crippen LogP contribution in [0.5, 0.6) is 0 Å². The first-order chi connectivity index (χ1) is 16.2. The molecule has 1 aliphatic carbocycles. The molecule has 2 aromatic carbocycles. The summed E-state index contributed by atoms with van der Waals surface area (Å²) >= 11 is 0. The number of aliphatic carboxylic acids is 1. The lowest BCUT2D eigenvalue weighted by atomic mass is 9.86. The molecule has 3 N–H and O–H groups in total. The topological polar surface area (TPSA) is 114 Å². The summed E-state index contributed by atoms with van der Waals surface area (Å²) in [5, 5.41) is 14.0. The lowest BCUT2D eigenvalue weighted by Crippen LogP contribution is -2.54. The summed E-state index contributed by atoms with van der Waals surface area (Å²) in [5.74, 6) is -1.37. The van der Waals surface area contributed by atoms with Gasteiger partial charge in [0.05, 0.1) is 19.6 Å². The third-order valence-corrected chi connectivity index (χ3v) is 5.74. The molecule has 0 fully saturated rings. The van der Waals surface area contributed by atoms with Gasteiger partial charge in [0, 0.05) is 12.5 Å². The Kier molecular flexibility index (Phi) is 8.28. The summed E-state index contributed by atoms with van der Waals surface area (Å²) in [6.45, 7) is 6.18. The molecule has 0 spiro atoms. The first kappa shape index (κ1) is 25.2. The maximum atomic E-state index is 12.7. The van der Waals surface area contributed by atoms with E-state index < -0.39 is 23.5 Å². The van der Waals surface area contributed by atoms with E-state index in [1.807, 2.05) is 57.2 Å². The normalized spacial score (nSPS) is 13.5. The van der Waals surface area contributed by atoms with Gasteiger partial charge in [0.2, 0.25) is 5.91 Å². The number of carboxylic acids is 1. The highest BCUT2D eigenvalue weighted by atomic mass is 16.5. The van der Waals surface area contributed by atoms with Crippen molar-refractivity contribution in [1.29, 1.82) is 0 Å². The fourth-order valence-corrected chi connectivity index (χ4v) is 4.04. The van der Waals surface area contributed by atoms with Crippen molar-refractivity contribution in [2.24, 2.45) is 5.41 Å². The molecule has 2 amide bonds. The van der Waals surface area contributed by atoms with E-state index in [1.54, 1.807) is 0 Å². The summed E-state index contributed by atoms with van der Waals surface area (Å²) in [6, 6.07) is 15.4. The molecule has 0 heterocycles. The molecule has 0 unspecified atom stereocenters. The second-order valence-electron chi connectivity index (χ2n) is 9.32. The molecule has 8 heteroatoms. The molecule has 1 aliphatic rings. The Labute approximate surface area is 199 Å². The summed E-state index contributed by atoms with van der Waals surface area (Å²) in [4.78, 5) is 35.9. The zero-order chi connectivity index (χ0) is 24.7. The van der Waals surface area contributed by atoms with Gasteiger partial charge >= 0.3 is 12.1 Å². The molecule has 0 aromatic heterocycles. The molecular formula is C26H32N2O6. The fraction of sp³-hybridized carbons (Fsp3) is 0.423. The fourth-order valence-electron chi connectivity index (χ4n) is 4.04. The van der Waals surface area contributed by atoms with E-state index in [0.717, 1.165) is 22.3 Å². The number of ether oxygens (including phenoxy) is 2. The second kappa shape index (κ2) is 11.2. The number of hydrogen-bond donors (Lipinski definition) is 3. The first-order valence-corrected chi connectivity index (χ1v) is 11.4. The lowest BCUT2D eigenvalue weighted by molar-refractivity contribution is -0.138. The number of carbonyl (C=O) groups is 3. The third-order valence-electron chi connectivity index (χ3n) is 5.74. The molecule has 0 saturated heterocycles. The highest BCUT2D eigenvalue weighted by Crippen LogP contribution is 2.44. The molecule has 0 bridgehead atoms. The number of hydrogen-bond acceptors (Lipinski definition) is 5. The van der Waals surface area contributed by atoms with Crippen molar-refractivity contribution in [3.63, 3.8) is 0 Å². The molecule has 2 aromatic rings. The number of benzene rings is 2. The van der Waals surface area contributed by atoms with Crippen molar-refractivity contribution in [1.82, 2.24) is 10.6 Å². The predicted octanol–water partition coefficient (Wildman–Crippen LogP) is 3.55. The van der Waals surface area contributed by atoms with Crippen LogP contribution in [-0.2, 0) is 19.1 Å². The van der Waals surface area contributed by atoms with Gasteiger partial charge < -0.3 is 25.2 Å². The summed E-state index contributed by atoms with van der Waals surface area (Å²) < 4.78 is 10.8. The second-order valence-corrected chi connectivity index (χ2v) is 9.32. The van der Waals surface area contributed by atoms with Gasteiger partial charge in [0.25, 0.3) is 0 Å². The highest BCUT2D eigenvalue weighted by molar-refractivity contribution is 5.86. The van der Waals surface area contributed by atoms with Crippen LogP contribution in [0.4, 0.5) is 4.79 Å². The van der Waals surface area contributed by atoms with Crippen LogP contribution in [0, 0.1) is 5.41 Å². The Bertz CT molecular complexity index is 984. The van der Waals surface area contributed by atoms with Gasteiger partial charge in [0.15, 0.2) is 0 Å². The quantitative estimate of drug-likeness (QED) is 0.460. The molecular weight excluding hydrogens is 436 g/mol. The average molecular weight is 469 g/mol. The van der Waals surface area contributed by atoms with E-state index >= 15 is 0 Å². The first-order valence-electron chi connectivity index (χ1n) is 11.4. The van der Waals surface area contributed by atoms with Crippen LogP contribution < -0.4 is 10.6 Å². The average Bonchev–Trinajstić information content (AvgIpc) is 3.11. The minimum Gasteiger partial charge on any atom is -0.481 e. The number of nitrogens with one attached hydrogen (secondary N) is 2. The summed E-state index contributed by atoms with van der Waals surface area (Å²) in [6.07, 6.45) is -0.753. The van der Waals surface area contributed by atoms with Crippen molar-refractivity contribution in [3.8, 4) is 11.1 Å². The Morgan fingerprint density at radius 1 is 0.971 bits per heavy atom. The molecule has 0 radical (unpaired) electrons. The lowest BCUT2D eigenvalue weighted by Gasteiger charge is -2.30. The number of alkyl carbamates (subject to hydrolysis) is 1. The van der Waals surface area contributed by atoms with Gasteiger partial charge in [0.1, 0.15) is 12.6 Å². The van der Waals surface area contributed by atoms with E-state index in [0.29, 0.717) is 0 Å². The molecule has 3 rings (SSSR count). The van der Waals surface area contributed by atoms with Gasteiger partial charge in [-0.2, -0.15) is 0 Å². The van der Waals surface area contributed by atoms with Crippen LogP contribution in [0.15, 0.2) is 48.5 Å². The van der Waals surface area contributed by atoms with Crippen molar-refractivity contribution in [2.75, 3.05) is 26.4 Å². The monoisotopic (exact) mass is 468 g/mol. The molecule has 34 heavy (non-hydrogen) atoms. The van der Waals surface area contributed by atoms with Crippen molar-refractivity contribution in [2.45, 2.75) is 39.2 Å². The minimum atomic E-state index is -0.941. The van der Waals surface area contributed by atoms with Crippen LogP contribution in [0.25, 0.3) is 11.1 Å². The summed E-state index contributed by atoms with van der Waals surface area (Å²) in [7, 11) is 0. The van der Waals surface area contributed by atoms with E-state index in [-0.39, 0.29) is 44.6 Å². The Morgan fingerprint density at radius 2 is 1.56 bits per heavy atom. The number of carboxylic acid groups (broad SMARTS) is 1. The molecule has 0 saturated carbocycles. The van der Waals surface area contributed by atoms with E-state index in [2.05, 4.69) is 22.8 Å². The minimum absolute atomic E-state index is 0.0667. The predicted molar refractivity (Wildman–Crippen MR) is 128 cm³/mol. The van der Waals surface area contributed by atoms with Crippen LogP contribution >= 0.6 is 0 Å². The van der Waals surface area contributed by atoms with Crippen LogP contribution in [-0.4, -0.2) is 55.5 Å². The molecule has 0 aliphatic heterocycles. The molecule has 1 atom stereocenters. The van der Waals surface area contributed by atoms with Gasteiger partial charge in [-0.25, -0.2) is 4.79 Å². The highest BCUT2D eigenvalue weighted by Gasteiger charge is 2.34. The SMILES string of the molecule is CC(C)(C)[C@H](NC(=O)OCC1c2ccccc2-c2ccccc21)C(=O)NCCOCCC(=O)O. The maximum Gasteiger partial charge on any atom is 0.407 e. The Balaban J connectivity index is 1.55. The third kappa shape index (κ3) is 6.35. The zero-order valence-electron chi connectivity index (χ0n) is 19.8. The van der Waals surface area contributed by atoms with E-state index in [4.69, 9.17) is 14.6 Å². The zero-order valence-corrected chi connectivity index (χ0v) is 19.8. The van der Waals surface area contributed by atoms with Crippen molar-refractivity contribution in [3.05, 3.63) is 59.7 Å². The molecule has 182 valence electrons. The standard InChI is InChI=1S/C26H32N2O6/c1-26(2,3)23(24(31)27-13-15-33-14-12-22(29)30)28-25(32)34-16-21-19-10-6-4-8-17(19)18-9-5-7-11-20(18)21/h4-11,21,23H,12-16H2,1-3H3,(H,27,31)(H,28,32)(H,29,30)/t23-/m1/s1. The van der Waals surface area contributed by atoms with Crippen molar-refractivity contribution >= 4 is 18.0 Å². The van der Waals surface area contributed by atoms with Crippen LogP contribution in [0.2, 0.25) is 0 Å². The van der Waals surface area contributed by atoms with Gasteiger partial charge in [-0.15, -0.1) is 0 Å². The Morgan fingerprint density at radius 3 is 2.12 bits per heavy atom.